The molecule has 45 heavy (non-hydrogen) atoms. The number of nitrogens with one attached hydrogen (secondary N) is 1. The molecule has 12 nitrogen and oxygen atoms in total. The maximum absolute atomic E-state index is 15.6. The molecule has 2 N–H and O–H groups in total. The highest BCUT2D eigenvalue weighted by atomic mass is 32.2. The van der Waals surface area contributed by atoms with Crippen molar-refractivity contribution in [3.8, 4) is 11.1 Å². The van der Waals surface area contributed by atoms with E-state index >= 15 is 4.39 Å². The zero-order chi connectivity index (χ0) is 32.5. The maximum atomic E-state index is 15.6. The van der Waals surface area contributed by atoms with Gasteiger partial charge in [0.1, 0.15) is 17.1 Å². The summed E-state index contributed by atoms with van der Waals surface area (Å²) < 4.78 is 58.2. The molecule has 1 atom stereocenters. The molecule has 3 aromatic heterocycles. The molecule has 0 aliphatic carbocycles. The Bertz CT molecular complexity index is 1750. The molecule has 15 heteroatoms. The molecule has 1 unspecified atom stereocenters. The Morgan fingerprint density at radius 2 is 1.73 bits per heavy atom. The fourth-order valence-corrected chi connectivity index (χ4v) is 5.61. The third-order valence-corrected chi connectivity index (χ3v) is 7.90. The molecular formula is C30H33F2N7O5S. The number of hydrogen-bond acceptors (Lipinski definition) is 8. The number of H-pyrrole nitrogens is 1. The van der Waals surface area contributed by atoms with E-state index in [1.54, 1.807) is 36.5 Å². The van der Waals surface area contributed by atoms with Crippen LogP contribution in [0.2, 0.25) is 0 Å². The zero-order valence-corrected chi connectivity index (χ0v) is 26.0. The van der Waals surface area contributed by atoms with Crippen molar-refractivity contribution in [3.05, 3.63) is 65.7 Å². The number of ketones is 1. The van der Waals surface area contributed by atoms with Gasteiger partial charge in [-0.05, 0) is 45.4 Å². The Morgan fingerprint density at radius 3 is 2.36 bits per heavy atom. The van der Waals surface area contributed by atoms with Gasteiger partial charge < -0.3 is 19.5 Å². The van der Waals surface area contributed by atoms with E-state index < -0.39 is 39.8 Å². The molecule has 5 rings (SSSR count). The van der Waals surface area contributed by atoms with E-state index in [0.29, 0.717) is 60.7 Å². The fraction of sp³-hybridized carbons (Fsp3) is 0.367. The van der Waals surface area contributed by atoms with E-state index in [-0.39, 0.29) is 23.9 Å². The van der Waals surface area contributed by atoms with Gasteiger partial charge in [0.25, 0.3) is 11.3 Å². The van der Waals surface area contributed by atoms with Crippen LogP contribution < -0.4 is 9.21 Å². The first-order valence-corrected chi connectivity index (χ1v) is 15.4. The first-order valence-electron chi connectivity index (χ1n) is 14.3. The summed E-state index contributed by atoms with van der Waals surface area (Å²) in [5.41, 5.74) is -0.312. The number of hydrogen-bond donors (Lipinski definition) is 2. The van der Waals surface area contributed by atoms with Gasteiger partial charge in [-0.25, -0.2) is 32.7 Å². The van der Waals surface area contributed by atoms with Gasteiger partial charge in [0.05, 0.1) is 11.3 Å². The van der Waals surface area contributed by atoms with Crippen LogP contribution in [0.5, 0.6) is 0 Å². The Morgan fingerprint density at radius 1 is 1.07 bits per heavy atom. The van der Waals surface area contributed by atoms with Crippen molar-refractivity contribution in [2.45, 2.75) is 39.7 Å². The molecule has 1 aliphatic rings. The van der Waals surface area contributed by atoms with Crippen LogP contribution in [-0.2, 0) is 16.0 Å². The average Bonchev–Trinajstić information content (AvgIpc) is 3.43. The average molecular weight is 642 g/mol. The van der Waals surface area contributed by atoms with Gasteiger partial charge in [0, 0.05) is 79.6 Å². The smallest absolute Gasteiger partial charge is 0.410 e. The molecule has 0 saturated carbocycles. The van der Waals surface area contributed by atoms with Gasteiger partial charge >= 0.3 is 6.09 Å². The molecule has 4 heterocycles. The predicted octanol–water partition coefficient (Wildman–Crippen LogP) is 4.94. The molecule has 1 aromatic carbocycles. The summed E-state index contributed by atoms with van der Waals surface area (Å²) in [6.07, 6.45) is 6.16. The Labute approximate surface area is 260 Å². The molecule has 1 saturated heterocycles. The summed E-state index contributed by atoms with van der Waals surface area (Å²) in [6.45, 7) is 9.20. The first-order chi connectivity index (χ1) is 21.4. The number of ether oxygens (including phenoxy) is 1. The molecule has 0 spiro atoms. The van der Waals surface area contributed by atoms with Gasteiger partial charge in [-0.3, -0.25) is 13.7 Å². The third kappa shape index (κ3) is 6.78. The topological polar surface area (TPSA) is 145 Å². The van der Waals surface area contributed by atoms with Gasteiger partial charge in [-0.2, -0.15) is 0 Å². The lowest BCUT2D eigenvalue weighted by Gasteiger charge is -2.35. The van der Waals surface area contributed by atoms with Crippen molar-refractivity contribution < 1.29 is 31.9 Å². The van der Waals surface area contributed by atoms with Crippen LogP contribution in [0, 0.1) is 11.6 Å². The lowest BCUT2D eigenvalue weighted by molar-refractivity contribution is 0.0240. The number of aromatic amines is 1. The minimum Gasteiger partial charge on any atom is -0.444 e. The summed E-state index contributed by atoms with van der Waals surface area (Å²) in [4.78, 5) is 45.7. The lowest BCUT2D eigenvalue weighted by atomic mass is 10.00. The number of nitrogens with zero attached hydrogens (tertiary/aromatic N) is 6. The van der Waals surface area contributed by atoms with E-state index in [4.69, 9.17) is 4.74 Å². The fourth-order valence-electron chi connectivity index (χ4n) is 4.96. The summed E-state index contributed by atoms with van der Waals surface area (Å²) >= 11 is -2.58. The van der Waals surface area contributed by atoms with Crippen molar-refractivity contribution in [2.75, 3.05) is 41.9 Å². The number of benzene rings is 1. The number of amides is 1. The number of pyridine rings is 1. The zero-order valence-electron chi connectivity index (χ0n) is 25.2. The molecule has 4 aromatic rings. The van der Waals surface area contributed by atoms with Gasteiger partial charge in [-0.1, -0.05) is 6.92 Å². The molecule has 1 fully saturated rings. The molecule has 1 amide bonds. The number of halogens is 2. The monoisotopic (exact) mass is 641 g/mol. The Hall–Kier alpha value is -4.50. The summed E-state index contributed by atoms with van der Waals surface area (Å²) in [5.74, 6) is -2.80. The number of anilines is 2. The predicted molar refractivity (Wildman–Crippen MR) is 165 cm³/mol. The normalized spacial score (nSPS) is 14.5. The van der Waals surface area contributed by atoms with Gasteiger partial charge in [0.2, 0.25) is 11.7 Å². The van der Waals surface area contributed by atoms with Crippen LogP contribution in [0.1, 0.15) is 50.0 Å². The van der Waals surface area contributed by atoms with Gasteiger partial charge in [-0.15, -0.1) is 0 Å². The van der Waals surface area contributed by atoms with E-state index in [1.807, 2.05) is 25.7 Å². The second kappa shape index (κ2) is 12.9. The van der Waals surface area contributed by atoms with Crippen LogP contribution in [0.15, 0.2) is 43.0 Å². The van der Waals surface area contributed by atoms with Crippen LogP contribution in [0.3, 0.4) is 0 Å². The van der Waals surface area contributed by atoms with E-state index in [1.165, 1.54) is 6.20 Å². The number of piperazine rings is 1. The van der Waals surface area contributed by atoms with Crippen LogP contribution in [0.4, 0.5) is 25.2 Å². The summed E-state index contributed by atoms with van der Waals surface area (Å²) in [7, 11) is 0. The number of carbonyl (C=O) groups excluding carboxylic acids is 2. The molecule has 1 aliphatic heterocycles. The van der Waals surface area contributed by atoms with Gasteiger partial charge in [0.15, 0.2) is 5.82 Å². The Balaban J connectivity index is 1.37. The molecule has 238 valence electrons. The van der Waals surface area contributed by atoms with Crippen LogP contribution in [-0.4, -0.2) is 83.8 Å². The summed E-state index contributed by atoms with van der Waals surface area (Å²) in [5, 5.41) is 0.320. The van der Waals surface area contributed by atoms with E-state index in [2.05, 4.69) is 19.9 Å². The first kappa shape index (κ1) is 31.9. The van der Waals surface area contributed by atoms with Crippen LogP contribution in [0.25, 0.3) is 22.2 Å². The SMILES string of the molecule is CCCN(c1ccc(F)c(C(=O)c2c[nH]c3ncc(-c4cnc(N5CCN(C(=O)OC(C)(C)C)CC5)nc4)cc23)c1F)S(=O)O. The number of fused-ring (bicyclic) bond motifs is 1. The minimum atomic E-state index is -2.58. The lowest BCUT2D eigenvalue weighted by Crippen LogP contribution is -2.50. The minimum absolute atomic E-state index is 0.0167. The highest BCUT2D eigenvalue weighted by Crippen LogP contribution is 2.31. The number of rotatable bonds is 8. The van der Waals surface area contributed by atoms with Crippen LogP contribution >= 0.6 is 0 Å². The van der Waals surface area contributed by atoms with E-state index in [0.717, 1.165) is 16.4 Å². The number of aromatic nitrogens is 4. The van der Waals surface area contributed by atoms with Crippen molar-refractivity contribution >= 4 is 45.8 Å². The van der Waals surface area contributed by atoms with Crippen molar-refractivity contribution in [1.82, 2.24) is 24.8 Å². The second-order valence-electron chi connectivity index (χ2n) is 11.5. The quantitative estimate of drug-likeness (QED) is 0.202. The largest absolute Gasteiger partial charge is 0.444 e. The maximum Gasteiger partial charge on any atom is 0.410 e. The second-order valence-corrected chi connectivity index (χ2v) is 12.4. The standard InChI is InChI=1S/C30H33F2N7O5S/c1-5-8-39(45(42)43)23-7-6-22(31)24(25(23)32)26(40)21-17-34-27-20(21)13-18(14-33-27)19-15-35-28(36-16-19)37-9-11-38(12-10-37)29(41)44-30(2,3)4/h6-7,13-17H,5,8-12H2,1-4H3,(H,33,34)(H,42,43). The van der Waals surface area contributed by atoms with Crippen molar-refractivity contribution in [3.63, 3.8) is 0 Å². The highest BCUT2D eigenvalue weighted by molar-refractivity contribution is 7.80. The Kier molecular flexibility index (Phi) is 9.11. The van der Waals surface area contributed by atoms with E-state index in [9.17, 15) is 22.7 Å². The molecule has 0 radical (unpaired) electrons. The molecule has 0 bridgehead atoms. The summed E-state index contributed by atoms with van der Waals surface area (Å²) in [6, 6.07) is 3.58. The highest BCUT2D eigenvalue weighted by Gasteiger charge is 2.29. The molecular weight excluding hydrogens is 608 g/mol. The van der Waals surface area contributed by atoms with Crippen molar-refractivity contribution in [2.24, 2.45) is 0 Å². The van der Waals surface area contributed by atoms with Crippen molar-refractivity contribution in [1.29, 1.82) is 0 Å². The number of carbonyl (C=O) groups is 2. The third-order valence-electron chi connectivity index (χ3n) is 7.14.